The molecule has 0 saturated carbocycles. The Balaban J connectivity index is 0.00000161. The quantitative estimate of drug-likeness (QED) is 0.815. The fourth-order valence-corrected chi connectivity index (χ4v) is 3.81. The van der Waals surface area contributed by atoms with Gasteiger partial charge in [-0.1, -0.05) is 6.42 Å². The van der Waals surface area contributed by atoms with E-state index in [0.29, 0.717) is 31.2 Å². The maximum Gasteiger partial charge on any atom is 0.246 e. The van der Waals surface area contributed by atoms with Gasteiger partial charge < -0.3 is 15.8 Å². The fraction of sp³-hybridized carbons (Fsp3) is 0.714. The highest BCUT2D eigenvalue weighted by molar-refractivity contribution is 7.15. The number of halogens is 1. The number of hydrogen-bond donors (Lipinski definition) is 2. The summed E-state index contributed by atoms with van der Waals surface area (Å²) < 4.78 is 5.27. The van der Waals surface area contributed by atoms with Crippen molar-refractivity contribution in [2.45, 2.75) is 50.5 Å². The summed E-state index contributed by atoms with van der Waals surface area (Å²) in [5, 5.41) is 3.62. The SMILES string of the molecule is Cl.NC1(C(=O)Nc2nc3c(s2)CCCCC3)CCOCC1. The summed E-state index contributed by atoms with van der Waals surface area (Å²) in [6, 6.07) is 0. The Kier molecular flexibility index (Phi) is 5.60. The maximum absolute atomic E-state index is 12.3. The largest absolute Gasteiger partial charge is 0.381 e. The second-order valence-electron chi connectivity index (χ2n) is 5.67. The molecule has 0 bridgehead atoms. The molecule has 118 valence electrons. The van der Waals surface area contributed by atoms with Gasteiger partial charge in [0.2, 0.25) is 5.91 Å². The molecule has 0 spiro atoms. The molecule has 1 fully saturated rings. The van der Waals surface area contributed by atoms with Crippen LogP contribution in [-0.2, 0) is 22.4 Å². The Morgan fingerprint density at radius 1 is 1.24 bits per heavy atom. The average Bonchev–Trinajstić information content (AvgIpc) is 2.68. The van der Waals surface area contributed by atoms with Crippen LogP contribution in [0.1, 0.15) is 42.7 Å². The first-order chi connectivity index (χ1) is 9.67. The summed E-state index contributed by atoms with van der Waals surface area (Å²) in [4.78, 5) is 18.3. The summed E-state index contributed by atoms with van der Waals surface area (Å²) in [6.45, 7) is 1.11. The monoisotopic (exact) mass is 331 g/mol. The number of ether oxygens (including phenoxy) is 1. The molecule has 0 radical (unpaired) electrons. The zero-order chi connectivity index (χ0) is 14.0. The highest BCUT2D eigenvalue weighted by Crippen LogP contribution is 2.30. The molecule has 0 unspecified atom stereocenters. The van der Waals surface area contributed by atoms with Gasteiger partial charge in [0, 0.05) is 18.1 Å². The zero-order valence-corrected chi connectivity index (χ0v) is 13.7. The van der Waals surface area contributed by atoms with Crippen molar-refractivity contribution in [2.24, 2.45) is 5.73 Å². The highest BCUT2D eigenvalue weighted by atomic mass is 35.5. The minimum Gasteiger partial charge on any atom is -0.381 e. The highest BCUT2D eigenvalue weighted by Gasteiger charge is 2.36. The molecular formula is C14H22ClN3O2S. The molecule has 1 aliphatic carbocycles. The normalized spacial score (nSPS) is 20.8. The van der Waals surface area contributed by atoms with Gasteiger partial charge in [-0.3, -0.25) is 4.79 Å². The Bertz CT molecular complexity index is 477. The number of aryl methyl sites for hydroxylation is 2. The average molecular weight is 332 g/mol. The van der Waals surface area contributed by atoms with Crippen molar-refractivity contribution in [1.29, 1.82) is 0 Å². The molecule has 1 aromatic heterocycles. The van der Waals surface area contributed by atoms with Gasteiger partial charge in [-0.05, 0) is 38.5 Å². The number of nitrogens with two attached hydrogens (primary N) is 1. The Labute approximate surface area is 135 Å². The van der Waals surface area contributed by atoms with E-state index >= 15 is 0 Å². The lowest BCUT2D eigenvalue weighted by molar-refractivity contribution is -0.124. The predicted molar refractivity (Wildman–Crippen MR) is 86.2 cm³/mol. The van der Waals surface area contributed by atoms with E-state index in [2.05, 4.69) is 10.3 Å². The van der Waals surface area contributed by atoms with Crippen molar-refractivity contribution in [3.8, 4) is 0 Å². The number of aromatic nitrogens is 1. The summed E-state index contributed by atoms with van der Waals surface area (Å²) in [5.41, 5.74) is 6.55. The molecule has 1 aromatic rings. The minimum absolute atomic E-state index is 0. The van der Waals surface area contributed by atoms with Crippen LogP contribution in [0.5, 0.6) is 0 Å². The van der Waals surface area contributed by atoms with E-state index in [4.69, 9.17) is 10.5 Å². The van der Waals surface area contributed by atoms with Gasteiger partial charge in [0.25, 0.3) is 0 Å². The van der Waals surface area contributed by atoms with Gasteiger partial charge in [-0.15, -0.1) is 23.7 Å². The molecule has 2 aliphatic rings. The molecule has 3 rings (SSSR count). The van der Waals surface area contributed by atoms with E-state index in [1.54, 1.807) is 11.3 Å². The van der Waals surface area contributed by atoms with Gasteiger partial charge in [-0.25, -0.2) is 4.98 Å². The van der Waals surface area contributed by atoms with Crippen LogP contribution in [0.25, 0.3) is 0 Å². The molecular weight excluding hydrogens is 310 g/mol. The zero-order valence-electron chi connectivity index (χ0n) is 12.0. The van der Waals surface area contributed by atoms with Crippen LogP contribution in [0.3, 0.4) is 0 Å². The summed E-state index contributed by atoms with van der Waals surface area (Å²) in [5.74, 6) is -0.121. The van der Waals surface area contributed by atoms with Crippen LogP contribution in [0, 0.1) is 0 Å². The molecule has 7 heteroatoms. The number of amides is 1. The van der Waals surface area contributed by atoms with Crippen molar-refractivity contribution in [2.75, 3.05) is 18.5 Å². The molecule has 1 amide bonds. The van der Waals surface area contributed by atoms with Crippen molar-refractivity contribution in [1.82, 2.24) is 4.98 Å². The van der Waals surface area contributed by atoms with Crippen LogP contribution in [0.2, 0.25) is 0 Å². The molecule has 5 nitrogen and oxygen atoms in total. The second kappa shape index (κ2) is 7.05. The van der Waals surface area contributed by atoms with E-state index in [1.807, 2.05) is 0 Å². The minimum atomic E-state index is -0.804. The number of nitrogens with one attached hydrogen (secondary N) is 1. The first kappa shape index (κ1) is 16.7. The lowest BCUT2D eigenvalue weighted by Crippen LogP contribution is -2.54. The second-order valence-corrected chi connectivity index (χ2v) is 6.76. The van der Waals surface area contributed by atoms with E-state index in [-0.39, 0.29) is 18.3 Å². The number of carbonyl (C=O) groups is 1. The number of carbonyl (C=O) groups excluding carboxylic acids is 1. The number of fused-ring (bicyclic) bond motifs is 1. The number of thiazole rings is 1. The van der Waals surface area contributed by atoms with Gasteiger partial charge in [0.1, 0.15) is 5.54 Å². The van der Waals surface area contributed by atoms with Crippen molar-refractivity contribution in [3.05, 3.63) is 10.6 Å². The third-order valence-electron chi connectivity index (χ3n) is 4.15. The smallest absolute Gasteiger partial charge is 0.246 e. The van der Waals surface area contributed by atoms with Crippen LogP contribution >= 0.6 is 23.7 Å². The topological polar surface area (TPSA) is 77.2 Å². The van der Waals surface area contributed by atoms with Gasteiger partial charge in [0.05, 0.1) is 5.69 Å². The Morgan fingerprint density at radius 3 is 2.71 bits per heavy atom. The first-order valence-corrected chi connectivity index (χ1v) is 8.16. The Hall–Kier alpha value is -0.690. The third-order valence-corrected chi connectivity index (χ3v) is 5.23. The fourth-order valence-electron chi connectivity index (χ4n) is 2.77. The molecule has 1 saturated heterocycles. The van der Waals surface area contributed by atoms with E-state index < -0.39 is 5.54 Å². The molecule has 2 heterocycles. The summed E-state index contributed by atoms with van der Waals surface area (Å²) in [6.07, 6.45) is 6.96. The van der Waals surface area contributed by atoms with Crippen LogP contribution in [0.15, 0.2) is 0 Å². The first-order valence-electron chi connectivity index (χ1n) is 7.34. The van der Waals surface area contributed by atoms with E-state index in [1.165, 1.54) is 29.8 Å². The van der Waals surface area contributed by atoms with Crippen molar-refractivity contribution in [3.63, 3.8) is 0 Å². The molecule has 0 aromatic carbocycles. The number of hydrogen-bond acceptors (Lipinski definition) is 5. The van der Waals surface area contributed by atoms with Crippen LogP contribution in [-0.4, -0.2) is 29.6 Å². The van der Waals surface area contributed by atoms with Crippen molar-refractivity contribution >= 4 is 34.8 Å². The Morgan fingerprint density at radius 2 is 1.95 bits per heavy atom. The van der Waals surface area contributed by atoms with Gasteiger partial charge >= 0.3 is 0 Å². The van der Waals surface area contributed by atoms with Crippen molar-refractivity contribution < 1.29 is 9.53 Å². The summed E-state index contributed by atoms with van der Waals surface area (Å²) in [7, 11) is 0. The molecule has 3 N–H and O–H groups in total. The van der Waals surface area contributed by atoms with E-state index in [9.17, 15) is 4.79 Å². The van der Waals surface area contributed by atoms with Crippen LogP contribution in [0.4, 0.5) is 5.13 Å². The number of rotatable bonds is 2. The molecule has 0 atom stereocenters. The summed E-state index contributed by atoms with van der Waals surface area (Å²) >= 11 is 1.61. The third kappa shape index (κ3) is 3.74. The number of anilines is 1. The van der Waals surface area contributed by atoms with E-state index in [0.717, 1.165) is 12.8 Å². The number of nitrogens with zero attached hydrogens (tertiary/aromatic N) is 1. The molecule has 1 aliphatic heterocycles. The predicted octanol–water partition coefficient (Wildman–Crippen LogP) is 2.28. The lowest BCUT2D eigenvalue weighted by atomic mass is 9.90. The van der Waals surface area contributed by atoms with Crippen LogP contribution < -0.4 is 11.1 Å². The van der Waals surface area contributed by atoms with Gasteiger partial charge in [0.15, 0.2) is 5.13 Å². The standard InChI is InChI=1S/C14H21N3O2S.ClH/c15-14(6-8-19-9-7-14)12(18)17-13-16-10-4-2-1-3-5-11(10)20-13;/h1-9,15H2,(H,16,17,18);1H. The lowest BCUT2D eigenvalue weighted by Gasteiger charge is -2.31. The maximum atomic E-state index is 12.3. The van der Waals surface area contributed by atoms with Gasteiger partial charge in [-0.2, -0.15) is 0 Å². The molecule has 21 heavy (non-hydrogen) atoms.